The Bertz CT molecular complexity index is 448. The maximum atomic E-state index is 4.33. The van der Waals surface area contributed by atoms with Gasteiger partial charge in [0.2, 0.25) is 0 Å². The zero-order valence-electron chi connectivity index (χ0n) is 14.7. The summed E-state index contributed by atoms with van der Waals surface area (Å²) in [5.74, 6) is 0.964. The molecule has 0 unspecified atom stereocenters. The maximum Gasteiger partial charge on any atom is 0.193 e. The molecule has 0 aliphatic heterocycles. The number of para-hydroxylation sites is 1. The number of anilines is 1. The van der Waals surface area contributed by atoms with E-state index in [1.54, 1.807) is 0 Å². The van der Waals surface area contributed by atoms with E-state index in [-0.39, 0.29) is 24.0 Å². The number of nitrogens with one attached hydrogen (secondary N) is 1. The summed E-state index contributed by atoms with van der Waals surface area (Å²) in [5, 5.41) is 3.43. The summed E-state index contributed by atoms with van der Waals surface area (Å²) in [6.07, 6.45) is 5.19. The summed E-state index contributed by atoms with van der Waals surface area (Å²) in [6, 6.07) is 10.5. The summed E-state index contributed by atoms with van der Waals surface area (Å²) >= 11 is 0. The van der Waals surface area contributed by atoms with Crippen LogP contribution in [0.3, 0.4) is 0 Å². The second-order valence-electron chi connectivity index (χ2n) is 5.44. The molecule has 4 nitrogen and oxygen atoms in total. The molecule has 1 rings (SSSR count). The topological polar surface area (TPSA) is 30.9 Å². The Morgan fingerprint density at radius 1 is 1.17 bits per heavy atom. The molecule has 0 saturated heterocycles. The smallest absolute Gasteiger partial charge is 0.193 e. The quantitative estimate of drug-likeness (QED) is 0.214. The number of allylic oxidation sites excluding steroid dienone is 1. The van der Waals surface area contributed by atoms with Crippen LogP contribution in [0.1, 0.15) is 19.3 Å². The molecule has 0 aliphatic rings. The number of aliphatic imine (C=N–C) groups is 1. The Labute approximate surface area is 158 Å². The molecule has 0 saturated carbocycles. The van der Waals surface area contributed by atoms with Crippen LogP contribution in [0.15, 0.2) is 48.0 Å². The van der Waals surface area contributed by atoms with Gasteiger partial charge in [0, 0.05) is 46.5 Å². The lowest BCUT2D eigenvalue weighted by Crippen LogP contribution is -2.40. The Morgan fingerprint density at radius 2 is 1.87 bits per heavy atom. The highest BCUT2D eigenvalue weighted by atomic mass is 127. The van der Waals surface area contributed by atoms with Crippen LogP contribution in [-0.4, -0.2) is 51.6 Å². The van der Waals surface area contributed by atoms with E-state index < -0.39 is 0 Å². The third kappa shape index (κ3) is 8.83. The van der Waals surface area contributed by atoms with Crippen LogP contribution in [-0.2, 0) is 0 Å². The van der Waals surface area contributed by atoms with Crippen molar-refractivity contribution in [3.63, 3.8) is 0 Å². The van der Waals surface area contributed by atoms with Crippen molar-refractivity contribution < 1.29 is 0 Å². The molecular weight excluding hydrogens is 399 g/mol. The molecule has 1 aromatic rings. The van der Waals surface area contributed by atoms with Crippen molar-refractivity contribution >= 4 is 35.6 Å². The standard InChI is InChI=1S/C18H30N4.HI/c1-5-6-10-15-22(4)18(19-2)20-14-11-16-21(3)17-12-8-7-9-13-17;/h5,7-9,12-13H,1,6,10-11,14-16H2,2-4H3,(H,19,20);1H. The first-order chi connectivity index (χ1) is 10.7. The molecule has 0 amide bonds. The van der Waals surface area contributed by atoms with Gasteiger partial charge in [0.25, 0.3) is 0 Å². The third-order valence-electron chi connectivity index (χ3n) is 3.63. The van der Waals surface area contributed by atoms with Gasteiger partial charge < -0.3 is 15.1 Å². The second-order valence-corrected chi connectivity index (χ2v) is 5.44. The lowest BCUT2D eigenvalue weighted by atomic mass is 10.3. The van der Waals surface area contributed by atoms with E-state index in [2.05, 4.69) is 65.0 Å². The van der Waals surface area contributed by atoms with Crippen LogP contribution in [0.25, 0.3) is 0 Å². The van der Waals surface area contributed by atoms with Crippen LogP contribution in [0.4, 0.5) is 5.69 Å². The summed E-state index contributed by atoms with van der Waals surface area (Å²) in [4.78, 5) is 8.78. The minimum atomic E-state index is 0. The van der Waals surface area contributed by atoms with Gasteiger partial charge in [0.05, 0.1) is 0 Å². The average molecular weight is 430 g/mol. The number of nitrogens with zero attached hydrogens (tertiary/aromatic N) is 3. The number of benzene rings is 1. The van der Waals surface area contributed by atoms with Gasteiger partial charge in [-0.3, -0.25) is 4.99 Å². The normalized spacial score (nSPS) is 10.7. The van der Waals surface area contributed by atoms with E-state index >= 15 is 0 Å². The molecule has 0 radical (unpaired) electrons. The van der Waals surface area contributed by atoms with Crippen molar-refractivity contribution in [1.29, 1.82) is 0 Å². The van der Waals surface area contributed by atoms with Gasteiger partial charge >= 0.3 is 0 Å². The van der Waals surface area contributed by atoms with Gasteiger partial charge in [0.15, 0.2) is 5.96 Å². The number of halogens is 1. The molecule has 0 aliphatic carbocycles. The summed E-state index contributed by atoms with van der Waals surface area (Å²) in [5.41, 5.74) is 1.26. The van der Waals surface area contributed by atoms with Gasteiger partial charge in [-0.1, -0.05) is 24.3 Å². The fourth-order valence-corrected chi connectivity index (χ4v) is 2.29. The average Bonchev–Trinajstić information content (AvgIpc) is 2.55. The van der Waals surface area contributed by atoms with E-state index in [1.165, 1.54) is 5.69 Å². The van der Waals surface area contributed by atoms with E-state index in [1.807, 2.05) is 19.2 Å². The molecule has 1 aromatic carbocycles. The van der Waals surface area contributed by atoms with Gasteiger partial charge in [-0.05, 0) is 31.4 Å². The number of hydrogen-bond donors (Lipinski definition) is 1. The van der Waals surface area contributed by atoms with E-state index in [0.29, 0.717) is 0 Å². The second kappa shape index (κ2) is 13.2. The minimum Gasteiger partial charge on any atom is -0.375 e. The number of rotatable bonds is 9. The summed E-state index contributed by atoms with van der Waals surface area (Å²) in [7, 11) is 6.04. The summed E-state index contributed by atoms with van der Waals surface area (Å²) in [6.45, 7) is 6.70. The molecule has 0 bridgehead atoms. The van der Waals surface area contributed by atoms with Crippen LogP contribution in [0.2, 0.25) is 0 Å². The molecule has 23 heavy (non-hydrogen) atoms. The van der Waals surface area contributed by atoms with Crippen LogP contribution in [0, 0.1) is 0 Å². The predicted octanol–water partition coefficient (Wildman–Crippen LogP) is 3.60. The maximum absolute atomic E-state index is 4.33. The first-order valence-electron chi connectivity index (χ1n) is 7.98. The SMILES string of the molecule is C=CCCCN(C)C(=NC)NCCCN(C)c1ccccc1.I. The van der Waals surface area contributed by atoms with Crippen molar-refractivity contribution in [3.05, 3.63) is 43.0 Å². The lowest BCUT2D eigenvalue weighted by molar-refractivity contribution is 0.469. The van der Waals surface area contributed by atoms with Crippen LogP contribution < -0.4 is 10.2 Å². The van der Waals surface area contributed by atoms with E-state index in [0.717, 1.165) is 44.9 Å². The van der Waals surface area contributed by atoms with Gasteiger partial charge in [-0.2, -0.15) is 0 Å². The van der Waals surface area contributed by atoms with Crippen molar-refractivity contribution in [3.8, 4) is 0 Å². The number of unbranched alkanes of at least 4 members (excludes halogenated alkanes) is 1. The first-order valence-corrected chi connectivity index (χ1v) is 7.98. The van der Waals surface area contributed by atoms with Gasteiger partial charge in [0.1, 0.15) is 0 Å². The van der Waals surface area contributed by atoms with Gasteiger partial charge in [-0.25, -0.2) is 0 Å². The lowest BCUT2D eigenvalue weighted by Gasteiger charge is -2.23. The molecule has 0 atom stereocenters. The molecule has 0 fully saturated rings. The molecular formula is C18H31IN4. The van der Waals surface area contributed by atoms with Crippen LogP contribution in [0.5, 0.6) is 0 Å². The van der Waals surface area contributed by atoms with Crippen molar-refractivity contribution in [2.45, 2.75) is 19.3 Å². The number of guanidine groups is 1. The molecule has 0 aromatic heterocycles. The fourth-order valence-electron chi connectivity index (χ4n) is 2.29. The largest absolute Gasteiger partial charge is 0.375 e. The van der Waals surface area contributed by atoms with Gasteiger partial charge in [-0.15, -0.1) is 30.6 Å². The highest BCUT2D eigenvalue weighted by Gasteiger charge is 2.05. The molecule has 130 valence electrons. The Balaban J connectivity index is 0.00000484. The van der Waals surface area contributed by atoms with Crippen molar-refractivity contribution in [2.75, 3.05) is 45.7 Å². The Morgan fingerprint density at radius 3 is 2.48 bits per heavy atom. The van der Waals surface area contributed by atoms with Crippen molar-refractivity contribution in [1.82, 2.24) is 10.2 Å². The highest BCUT2D eigenvalue weighted by Crippen LogP contribution is 2.10. The third-order valence-corrected chi connectivity index (χ3v) is 3.63. The molecule has 5 heteroatoms. The van der Waals surface area contributed by atoms with Crippen LogP contribution >= 0.6 is 24.0 Å². The Kier molecular flexibility index (Phi) is 12.5. The zero-order chi connectivity index (χ0) is 16.2. The minimum absolute atomic E-state index is 0. The monoisotopic (exact) mass is 430 g/mol. The zero-order valence-corrected chi connectivity index (χ0v) is 17.0. The molecule has 0 spiro atoms. The predicted molar refractivity (Wildman–Crippen MR) is 113 cm³/mol. The Hall–Kier alpha value is -1.24. The number of hydrogen-bond acceptors (Lipinski definition) is 2. The van der Waals surface area contributed by atoms with Crippen molar-refractivity contribution in [2.24, 2.45) is 4.99 Å². The van der Waals surface area contributed by atoms with E-state index in [9.17, 15) is 0 Å². The highest BCUT2D eigenvalue weighted by molar-refractivity contribution is 14.0. The first kappa shape index (κ1) is 21.8. The molecule has 0 heterocycles. The summed E-state index contributed by atoms with van der Waals surface area (Å²) < 4.78 is 0. The van der Waals surface area contributed by atoms with E-state index in [4.69, 9.17) is 0 Å². The fraction of sp³-hybridized carbons (Fsp3) is 0.500. The molecule has 1 N–H and O–H groups in total.